The maximum Gasteiger partial charge on any atom is 0.416 e. The quantitative estimate of drug-likeness (QED) is 0.496. The molecule has 1 atom stereocenters. The largest absolute Gasteiger partial charge is 0.485 e. The Bertz CT molecular complexity index is 1180. The lowest BCUT2D eigenvalue weighted by atomic mass is 10.0. The number of hydrogen-bond donors (Lipinski definition) is 1. The first kappa shape index (κ1) is 24.0. The van der Waals surface area contributed by atoms with E-state index in [-0.39, 0.29) is 17.9 Å². The minimum atomic E-state index is -4.79. The number of amides is 1. The van der Waals surface area contributed by atoms with E-state index in [2.05, 4.69) is 10.3 Å². The van der Waals surface area contributed by atoms with E-state index in [1.165, 1.54) is 17.8 Å². The average molecular weight is 466 g/mol. The monoisotopic (exact) mass is 466 g/mol. The Balaban J connectivity index is 1.81. The number of carbonyl (C=O) groups excluding carboxylic acids is 1. The Labute approximate surface area is 185 Å². The van der Waals surface area contributed by atoms with E-state index in [1.807, 2.05) is 6.07 Å². The topological polar surface area (TPSA) is 79.9 Å². The van der Waals surface area contributed by atoms with Crippen LogP contribution in [0.25, 0.3) is 11.0 Å². The number of fused-ring (bicyclic) bond motifs is 1. The number of halogens is 5. The maximum atomic E-state index is 13.6. The summed E-state index contributed by atoms with van der Waals surface area (Å²) in [7, 11) is 0. The summed E-state index contributed by atoms with van der Waals surface area (Å²) in [6.45, 7) is -1.27. The van der Waals surface area contributed by atoms with E-state index >= 15 is 0 Å². The van der Waals surface area contributed by atoms with Crippen LogP contribution < -0.4 is 10.1 Å². The highest BCUT2D eigenvalue weighted by molar-refractivity contribution is 5.84. The molecule has 0 aliphatic heterocycles. The Kier molecular flexibility index (Phi) is 7.16. The van der Waals surface area contributed by atoms with Gasteiger partial charge in [-0.15, -0.1) is 0 Å². The molecule has 0 saturated carbocycles. The first-order chi connectivity index (χ1) is 15.7. The van der Waals surface area contributed by atoms with Gasteiger partial charge in [-0.25, -0.2) is 13.8 Å². The van der Waals surface area contributed by atoms with Gasteiger partial charge >= 0.3 is 6.18 Å². The predicted molar refractivity (Wildman–Crippen MR) is 109 cm³/mol. The van der Waals surface area contributed by atoms with Gasteiger partial charge < -0.3 is 14.6 Å². The van der Waals surface area contributed by atoms with Gasteiger partial charge in [0.1, 0.15) is 31.7 Å². The van der Waals surface area contributed by atoms with Gasteiger partial charge in [-0.3, -0.25) is 4.79 Å². The minimum absolute atomic E-state index is 0.242. The van der Waals surface area contributed by atoms with Crippen LogP contribution in [0.1, 0.15) is 29.7 Å². The zero-order valence-electron chi connectivity index (χ0n) is 17.4. The fraction of sp³-hybridized carbons (Fsp3) is 0.318. The SMILES string of the molecule is CC(NC(=O)Cn1cnc2cccc(C#N)c21)c1ccc(OC(CF)CF)cc1C(F)(F)F. The average Bonchev–Trinajstić information content (AvgIpc) is 3.19. The van der Waals surface area contributed by atoms with Crippen LogP contribution in [0, 0.1) is 11.3 Å². The van der Waals surface area contributed by atoms with Gasteiger partial charge in [-0.2, -0.15) is 18.4 Å². The van der Waals surface area contributed by atoms with Crippen LogP contribution in [0.15, 0.2) is 42.7 Å². The summed E-state index contributed by atoms with van der Waals surface area (Å²) < 4.78 is 72.6. The van der Waals surface area contributed by atoms with E-state index in [4.69, 9.17) is 4.74 Å². The molecule has 33 heavy (non-hydrogen) atoms. The molecule has 11 heteroatoms. The van der Waals surface area contributed by atoms with Crippen LogP contribution in [0.3, 0.4) is 0 Å². The molecule has 0 radical (unpaired) electrons. The number of imidazole rings is 1. The number of nitriles is 1. The second kappa shape index (κ2) is 9.85. The number of benzene rings is 2. The zero-order chi connectivity index (χ0) is 24.2. The summed E-state index contributed by atoms with van der Waals surface area (Å²) in [5.41, 5.74) is -0.0847. The van der Waals surface area contributed by atoms with Crippen LogP contribution in [0.5, 0.6) is 5.75 Å². The summed E-state index contributed by atoms with van der Waals surface area (Å²) >= 11 is 0. The molecular weight excluding hydrogens is 447 g/mol. The third-order valence-electron chi connectivity index (χ3n) is 4.89. The normalized spacial score (nSPS) is 12.5. The summed E-state index contributed by atoms with van der Waals surface area (Å²) in [5.74, 6) is -0.934. The molecule has 1 N–H and O–H groups in total. The fourth-order valence-electron chi connectivity index (χ4n) is 3.39. The number of para-hydroxylation sites is 1. The lowest BCUT2D eigenvalue weighted by molar-refractivity contribution is -0.139. The molecule has 0 aliphatic carbocycles. The second-order valence-electron chi connectivity index (χ2n) is 7.24. The lowest BCUT2D eigenvalue weighted by Gasteiger charge is -2.21. The summed E-state index contributed by atoms with van der Waals surface area (Å²) in [6.07, 6.45) is -4.93. The summed E-state index contributed by atoms with van der Waals surface area (Å²) in [6, 6.07) is 8.75. The first-order valence-corrected chi connectivity index (χ1v) is 9.81. The fourth-order valence-corrected chi connectivity index (χ4v) is 3.39. The number of nitrogens with zero attached hydrogens (tertiary/aromatic N) is 3. The van der Waals surface area contributed by atoms with Gasteiger partial charge in [0.25, 0.3) is 0 Å². The minimum Gasteiger partial charge on any atom is -0.485 e. The van der Waals surface area contributed by atoms with Crippen molar-refractivity contribution >= 4 is 16.9 Å². The van der Waals surface area contributed by atoms with Crippen molar-refractivity contribution in [1.82, 2.24) is 14.9 Å². The molecule has 1 unspecified atom stereocenters. The number of aromatic nitrogens is 2. The Morgan fingerprint density at radius 2 is 1.97 bits per heavy atom. The molecular formula is C22H19F5N4O2. The van der Waals surface area contributed by atoms with Gasteiger partial charge in [0.2, 0.25) is 5.91 Å². The Morgan fingerprint density at radius 1 is 1.24 bits per heavy atom. The number of nitrogens with one attached hydrogen (secondary N) is 1. The van der Waals surface area contributed by atoms with Crippen molar-refractivity contribution in [2.75, 3.05) is 13.3 Å². The molecule has 1 heterocycles. The third kappa shape index (κ3) is 5.39. The molecule has 0 saturated heterocycles. The van der Waals surface area contributed by atoms with Gasteiger partial charge in [0.05, 0.1) is 34.5 Å². The molecule has 3 rings (SSSR count). The third-order valence-corrected chi connectivity index (χ3v) is 4.89. The summed E-state index contributed by atoms with van der Waals surface area (Å²) in [4.78, 5) is 16.7. The van der Waals surface area contributed by atoms with Crippen LogP contribution in [0.2, 0.25) is 0 Å². The zero-order valence-corrected chi connectivity index (χ0v) is 17.4. The highest BCUT2D eigenvalue weighted by Gasteiger charge is 2.35. The van der Waals surface area contributed by atoms with Crippen molar-refractivity contribution in [1.29, 1.82) is 5.26 Å². The van der Waals surface area contributed by atoms with Crippen LogP contribution in [0.4, 0.5) is 22.0 Å². The molecule has 0 fully saturated rings. The molecule has 3 aromatic rings. The molecule has 1 amide bonds. The number of rotatable bonds is 8. The van der Waals surface area contributed by atoms with Crippen molar-refractivity contribution in [2.24, 2.45) is 0 Å². The van der Waals surface area contributed by atoms with Gasteiger partial charge in [0.15, 0.2) is 6.10 Å². The van der Waals surface area contributed by atoms with Gasteiger partial charge in [-0.1, -0.05) is 12.1 Å². The van der Waals surface area contributed by atoms with Crippen molar-refractivity contribution in [3.8, 4) is 11.8 Å². The van der Waals surface area contributed by atoms with E-state index < -0.39 is 43.1 Å². The number of carbonyl (C=O) groups is 1. The van der Waals surface area contributed by atoms with Crippen molar-refractivity contribution in [3.05, 3.63) is 59.4 Å². The molecule has 2 aromatic carbocycles. The Hall–Kier alpha value is -3.68. The predicted octanol–water partition coefficient (Wildman–Crippen LogP) is 4.49. The van der Waals surface area contributed by atoms with Crippen molar-refractivity contribution in [2.45, 2.75) is 31.8 Å². The standard InChI is InChI=1S/C22H19F5N4O2/c1-13(17-6-5-15(33-16(8-23)9-24)7-18(17)22(25,26)27)30-20(32)11-31-12-29-19-4-2-3-14(10-28)21(19)31/h2-7,12-13,16H,8-9,11H2,1H3,(H,30,32). The second-order valence-corrected chi connectivity index (χ2v) is 7.24. The maximum absolute atomic E-state index is 13.6. The van der Waals surface area contributed by atoms with E-state index in [1.54, 1.807) is 18.2 Å². The van der Waals surface area contributed by atoms with Crippen LogP contribution in [-0.2, 0) is 17.5 Å². The molecule has 0 aliphatic rings. The summed E-state index contributed by atoms with van der Waals surface area (Å²) in [5, 5.41) is 11.8. The van der Waals surface area contributed by atoms with Crippen LogP contribution >= 0.6 is 0 Å². The first-order valence-electron chi connectivity index (χ1n) is 9.81. The van der Waals surface area contributed by atoms with E-state index in [0.717, 1.165) is 12.1 Å². The Morgan fingerprint density at radius 3 is 2.61 bits per heavy atom. The lowest BCUT2D eigenvalue weighted by Crippen LogP contribution is -2.31. The van der Waals surface area contributed by atoms with E-state index in [0.29, 0.717) is 22.7 Å². The molecule has 0 spiro atoms. The highest BCUT2D eigenvalue weighted by atomic mass is 19.4. The van der Waals surface area contributed by atoms with Crippen molar-refractivity contribution in [3.63, 3.8) is 0 Å². The molecule has 0 bridgehead atoms. The van der Waals surface area contributed by atoms with Gasteiger partial charge in [-0.05, 0) is 36.8 Å². The van der Waals surface area contributed by atoms with Crippen molar-refractivity contribution < 1.29 is 31.5 Å². The molecule has 1 aromatic heterocycles. The van der Waals surface area contributed by atoms with Gasteiger partial charge in [0, 0.05) is 0 Å². The highest BCUT2D eigenvalue weighted by Crippen LogP contribution is 2.37. The smallest absolute Gasteiger partial charge is 0.416 e. The number of hydrogen-bond acceptors (Lipinski definition) is 4. The number of alkyl halides is 5. The molecule has 174 valence electrons. The molecule has 6 nitrogen and oxygen atoms in total. The van der Waals surface area contributed by atoms with Crippen LogP contribution in [-0.4, -0.2) is 34.9 Å². The van der Waals surface area contributed by atoms with E-state index in [9.17, 15) is 32.0 Å². The number of ether oxygens (including phenoxy) is 1.